The van der Waals surface area contributed by atoms with E-state index in [0.717, 1.165) is 12.0 Å². The summed E-state index contributed by atoms with van der Waals surface area (Å²) in [6.45, 7) is 8.07. The van der Waals surface area contributed by atoms with E-state index in [1.54, 1.807) is 0 Å². The van der Waals surface area contributed by atoms with Crippen LogP contribution in [0.2, 0.25) is 0 Å². The van der Waals surface area contributed by atoms with E-state index in [0.29, 0.717) is 0 Å². The molecule has 0 aromatic heterocycles. The van der Waals surface area contributed by atoms with Crippen molar-refractivity contribution < 1.29 is 0 Å². The average molecular weight is 146 g/mol. The Kier molecular flexibility index (Phi) is 2.48. The molecular formula is C11H14. The van der Waals surface area contributed by atoms with E-state index in [4.69, 9.17) is 0 Å². The van der Waals surface area contributed by atoms with Gasteiger partial charge in [0.05, 0.1) is 0 Å². The molecule has 0 saturated heterocycles. The molecule has 0 aliphatic heterocycles. The molecular weight excluding hydrogens is 132 g/mol. The molecule has 0 saturated carbocycles. The van der Waals surface area contributed by atoms with E-state index >= 15 is 0 Å². The minimum atomic E-state index is 1.06. The standard InChI is InChI=1S/C11H14/c1-9(2)11-6-4-5-10(3)7-8-11/h4,6-8H,1,5H2,2-3H3. The molecule has 0 heteroatoms. The van der Waals surface area contributed by atoms with E-state index < -0.39 is 0 Å². The Morgan fingerprint density at radius 3 is 2.82 bits per heavy atom. The van der Waals surface area contributed by atoms with Crippen molar-refractivity contribution in [1.29, 1.82) is 0 Å². The third-order valence-electron chi connectivity index (χ3n) is 1.78. The van der Waals surface area contributed by atoms with Crippen molar-refractivity contribution >= 4 is 0 Å². The van der Waals surface area contributed by atoms with Gasteiger partial charge in [-0.05, 0) is 25.8 Å². The lowest BCUT2D eigenvalue weighted by Gasteiger charge is -1.95. The Hall–Kier alpha value is -1.04. The molecule has 0 nitrogen and oxygen atoms in total. The summed E-state index contributed by atoms with van der Waals surface area (Å²) in [7, 11) is 0. The minimum Gasteiger partial charge on any atom is -0.0955 e. The SMILES string of the molecule is C=C(C)C1=CC=C(C)CC=C1. The summed E-state index contributed by atoms with van der Waals surface area (Å²) in [6, 6.07) is 0. The minimum absolute atomic E-state index is 1.06. The maximum atomic E-state index is 3.90. The van der Waals surface area contributed by atoms with Crippen molar-refractivity contribution in [3.63, 3.8) is 0 Å². The molecule has 1 aliphatic rings. The summed E-state index contributed by atoms with van der Waals surface area (Å²) in [4.78, 5) is 0. The van der Waals surface area contributed by atoms with Crippen LogP contribution in [0.15, 0.2) is 47.6 Å². The van der Waals surface area contributed by atoms with Crippen molar-refractivity contribution in [2.75, 3.05) is 0 Å². The summed E-state index contributed by atoms with van der Waals surface area (Å²) in [6.07, 6.45) is 9.66. The fourth-order valence-electron chi connectivity index (χ4n) is 1.01. The highest BCUT2D eigenvalue weighted by Crippen LogP contribution is 2.15. The molecule has 0 bridgehead atoms. The lowest BCUT2D eigenvalue weighted by molar-refractivity contribution is 1.22. The second-order valence-corrected chi connectivity index (χ2v) is 3.02. The van der Waals surface area contributed by atoms with Crippen molar-refractivity contribution in [2.45, 2.75) is 20.3 Å². The van der Waals surface area contributed by atoms with Crippen LogP contribution in [0.4, 0.5) is 0 Å². The van der Waals surface area contributed by atoms with Gasteiger partial charge in [-0.15, -0.1) is 0 Å². The van der Waals surface area contributed by atoms with Crippen LogP contribution in [0.3, 0.4) is 0 Å². The second kappa shape index (κ2) is 3.38. The zero-order chi connectivity index (χ0) is 8.27. The normalized spacial score (nSPS) is 16.9. The van der Waals surface area contributed by atoms with Gasteiger partial charge in [-0.2, -0.15) is 0 Å². The Balaban J connectivity index is 2.89. The number of allylic oxidation sites excluding steroid dienone is 7. The number of rotatable bonds is 1. The average Bonchev–Trinajstić information content (AvgIpc) is 2.13. The fourth-order valence-corrected chi connectivity index (χ4v) is 1.01. The Morgan fingerprint density at radius 2 is 2.18 bits per heavy atom. The van der Waals surface area contributed by atoms with E-state index in [1.165, 1.54) is 11.1 Å². The first-order valence-electron chi connectivity index (χ1n) is 3.90. The highest BCUT2D eigenvalue weighted by atomic mass is 14.0. The molecule has 0 amide bonds. The molecule has 0 spiro atoms. The Bertz CT molecular complexity index is 249. The van der Waals surface area contributed by atoms with E-state index in [2.05, 4.69) is 37.8 Å². The van der Waals surface area contributed by atoms with Gasteiger partial charge >= 0.3 is 0 Å². The van der Waals surface area contributed by atoms with Crippen LogP contribution in [0.1, 0.15) is 20.3 Å². The van der Waals surface area contributed by atoms with Crippen LogP contribution in [0.5, 0.6) is 0 Å². The predicted molar refractivity (Wildman–Crippen MR) is 50.4 cm³/mol. The van der Waals surface area contributed by atoms with Gasteiger partial charge in [0.1, 0.15) is 0 Å². The number of hydrogen-bond donors (Lipinski definition) is 0. The zero-order valence-electron chi connectivity index (χ0n) is 7.22. The molecule has 0 atom stereocenters. The van der Waals surface area contributed by atoms with E-state index in [9.17, 15) is 0 Å². The van der Waals surface area contributed by atoms with Crippen LogP contribution in [0, 0.1) is 0 Å². The molecule has 1 aliphatic carbocycles. The summed E-state index contributed by atoms with van der Waals surface area (Å²) in [5.41, 5.74) is 3.77. The van der Waals surface area contributed by atoms with Gasteiger partial charge in [0, 0.05) is 0 Å². The first-order chi connectivity index (χ1) is 5.20. The van der Waals surface area contributed by atoms with Crippen molar-refractivity contribution in [3.8, 4) is 0 Å². The molecule has 0 fully saturated rings. The van der Waals surface area contributed by atoms with Gasteiger partial charge in [0.15, 0.2) is 0 Å². The molecule has 0 aromatic carbocycles. The fraction of sp³-hybridized carbons (Fsp3) is 0.273. The van der Waals surface area contributed by atoms with Gasteiger partial charge in [0.25, 0.3) is 0 Å². The third-order valence-corrected chi connectivity index (χ3v) is 1.78. The molecule has 0 heterocycles. The Labute approximate surface area is 68.6 Å². The topological polar surface area (TPSA) is 0 Å². The first kappa shape index (κ1) is 8.06. The summed E-state index contributed by atoms with van der Waals surface area (Å²) in [5.74, 6) is 0. The maximum Gasteiger partial charge on any atom is -0.0135 e. The van der Waals surface area contributed by atoms with Gasteiger partial charge in [-0.25, -0.2) is 0 Å². The largest absolute Gasteiger partial charge is 0.0955 e. The van der Waals surface area contributed by atoms with Crippen LogP contribution in [-0.4, -0.2) is 0 Å². The van der Waals surface area contributed by atoms with Gasteiger partial charge in [-0.1, -0.05) is 42.0 Å². The molecule has 0 radical (unpaired) electrons. The van der Waals surface area contributed by atoms with Gasteiger partial charge in [-0.3, -0.25) is 0 Å². The molecule has 11 heavy (non-hydrogen) atoms. The van der Waals surface area contributed by atoms with E-state index in [1.807, 2.05) is 6.92 Å². The van der Waals surface area contributed by atoms with Crippen molar-refractivity contribution in [2.24, 2.45) is 0 Å². The maximum absolute atomic E-state index is 3.90. The highest BCUT2D eigenvalue weighted by molar-refractivity contribution is 5.41. The van der Waals surface area contributed by atoms with Gasteiger partial charge in [0.2, 0.25) is 0 Å². The van der Waals surface area contributed by atoms with Crippen LogP contribution < -0.4 is 0 Å². The van der Waals surface area contributed by atoms with E-state index in [-0.39, 0.29) is 0 Å². The zero-order valence-corrected chi connectivity index (χ0v) is 7.22. The number of hydrogen-bond acceptors (Lipinski definition) is 0. The molecule has 1 rings (SSSR count). The molecule has 0 aromatic rings. The predicted octanol–water partition coefficient (Wildman–Crippen LogP) is 3.40. The monoisotopic (exact) mass is 146 g/mol. The summed E-state index contributed by atoms with van der Waals surface area (Å²) in [5, 5.41) is 0. The third kappa shape index (κ3) is 2.23. The quantitative estimate of drug-likeness (QED) is 0.532. The smallest absolute Gasteiger partial charge is 0.0135 e. The molecule has 0 unspecified atom stereocenters. The lowest BCUT2D eigenvalue weighted by Crippen LogP contribution is -1.75. The van der Waals surface area contributed by atoms with Crippen molar-refractivity contribution in [3.05, 3.63) is 47.6 Å². The molecule has 0 N–H and O–H groups in total. The Morgan fingerprint density at radius 1 is 1.45 bits per heavy atom. The highest BCUT2D eigenvalue weighted by Gasteiger charge is 1.94. The van der Waals surface area contributed by atoms with Crippen molar-refractivity contribution in [1.82, 2.24) is 0 Å². The second-order valence-electron chi connectivity index (χ2n) is 3.02. The summed E-state index contributed by atoms with van der Waals surface area (Å²) < 4.78 is 0. The van der Waals surface area contributed by atoms with Crippen LogP contribution in [0.25, 0.3) is 0 Å². The first-order valence-corrected chi connectivity index (χ1v) is 3.90. The molecule has 58 valence electrons. The van der Waals surface area contributed by atoms with Crippen LogP contribution in [-0.2, 0) is 0 Å². The summed E-state index contributed by atoms with van der Waals surface area (Å²) >= 11 is 0. The lowest BCUT2D eigenvalue weighted by atomic mass is 10.1. The van der Waals surface area contributed by atoms with Gasteiger partial charge < -0.3 is 0 Å². The van der Waals surface area contributed by atoms with Crippen LogP contribution >= 0.6 is 0 Å².